The molecule has 0 aromatic heterocycles. The van der Waals surface area contributed by atoms with E-state index in [2.05, 4.69) is 0 Å². The molecule has 0 aromatic carbocycles. The number of carboxylic acids is 1. The minimum absolute atomic E-state index is 0.181. The van der Waals surface area contributed by atoms with Crippen molar-refractivity contribution in [3.63, 3.8) is 0 Å². The van der Waals surface area contributed by atoms with E-state index in [1.807, 2.05) is 0 Å². The van der Waals surface area contributed by atoms with Gasteiger partial charge in [0.05, 0.1) is 18.8 Å². The number of carboxylic acid groups (broad SMARTS) is 1. The van der Waals surface area contributed by atoms with Gasteiger partial charge in [0.25, 0.3) is 0 Å². The normalized spacial score (nSPS) is 14.9. The molecule has 0 aromatic rings. The zero-order valence-electron chi connectivity index (χ0n) is 10.6. The third kappa shape index (κ3) is 7.84. The standard InChI is InChI=1S/C11H20O6/c1-7(2)16-9(11(13)14)6-15-10(5-12)17-8(3)4/h5,7-10H,6H2,1-4H3,(H,13,14)/t9-,10+/m1/s1. The quantitative estimate of drug-likeness (QED) is 0.481. The van der Waals surface area contributed by atoms with Gasteiger partial charge in [0.2, 0.25) is 6.29 Å². The zero-order chi connectivity index (χ0) is 13.4. The number of rotatable bonds is 9. The van der Waals surface area contributed by atoms with E-state index in [1.54, 1.807) is 27.7 Å². The zero-order valence-corrected chi connectivity index (χ0v) is 10.6. The Morgan fingerprint density at radius 3 is 2.06 bits per heavy atom. The van der Waals surface area contributed by atoms with E-state index in [0.717, 1.165) is 0 Å². The molecule has 100 valence electrons. The van der Waals surface area contributed by atoms with Crippen LogP contribution in [0.25, 0.3) is 0 Å². The summed E-state index contributed by atoms with van der Waals surface area (Å²) in [5.41, 5.74) is 0. The van der Waals surface area contributed by atoms with Crippen molar-refractivity contribution >= 4 is 12.3 Å². The summed E-state index contributed by atoms with van der Waals surface area (Å²) in [6.45, 7) is 6.71. The number of carbonyl (C=O) groups is 2. The summed E-state index contributed by atoms with van der Waals surface area (Å²) in [7, 11) is 0. The number of aldehydes is 1. The van der Waals surface area contributed by atoms with Crippen molar-refractivity contribution in [2.45, 2.75) is 52.3 Å². The molecule has 0 aliphatic rings. The van der Waals surface area contributed by atoms with Gasteiger partial charge in [-0.3, -0.25) is 4.79 Å². The molecule has 1 N–H and O–H groups in total. The second-order valence-electron chi connectivity index (χ2n) is 4.03. The highest BCUT2D eigenvalue weighted by Gasteiger charge is 2.22. The predicted molar refractivity (Wildman–Crippen MR) is 59.7 cm³/mol. The minimum Gasteiger partial charge on any atom is -0.479 e. The van der Waals surface area contributed by atoms with Crippen LogP contribution in [0.3, 0.4) is 0 Å². The van der Waals surface area contributed by atoms with E-state index in [0.29, 0.717) is 6.29 Å². The van der Waals surface area contributed by atoms with Gasteiger partial charge in [-0.15, -0.1) is 0 Å². The van der Waals surface area contributed by atoms with Crippen molar-refractivity contribution in [1.29, 1.82) is 0 Å². The third-order valence-corrected chi connectivity index (χ3v) is 1.64. The number of ether oxygens (including phenoxy) is 3. The highest BCUT2D eigenvalue weighted by Crippen LogP contribution is 2.03. The summed E-state index contributed by atoms with van der Waals surface area (Å²) in [6.07, 6.45) is -2.10. The Bertz CT molecular complexity index is 238. The average Bonchev–Trinajstić information content (AvgIpc) is 2.20. The second-order valence-corrected chi connectivity index (χ2v) is 4.03. The van der Waals surface area contributed by atoms with Crippen LogP contribution < -0.4 is 0 Å². The maximum Gasteiger partial charge on any atom is 0.335 e. The van der Waals surface area contributed by atoms with Crippen LogP contribution in [0.4, 0.5) is 0 Å². The molecule has 0 aliphatic heterocycles. The van der Waals surface area contributed by atoms with E-state index in [-0.39, 0.29) is 18.8 Å². The maximum absolute atomic E-state index is 10.8. The fourth-order valence-corrected chi connectivity index (χ4v) is 1.06. The summed E-state index contributed by atoms with van der Waals surface area (Å²) in [6, 6.07) is 0. The fourth-order valence-electron chi connectivity index (χ4n) is 1.06. The van der Waals surface area contributed by atoms with Gasteiger partial charge in [0.15, 0.2) is 12.4 Å². The molecule has 0 saturated carbocycles. The molecule has 6 heteroatoms. The molecule has 0 rings (SSSR count). The largest absolute Gasteiger partial charge is 0.479 e. The Kier molecular flexibility index (Phi) is 7.69. The molecule has 6 nitrogen and oxygen atoms in total. The van der Waals surface area contributed by atoms with Gasteiger partial charge in [-0.1, -0.05) is 0 Å². The van der Waals surface area contributed by atoms with Crippen LogP contribution in [0.1, 0.15) is 27.7 Å². The molecule has 17 heavy (non-hydrogen) atoms. The Morgan fingerprint density at radius 2 is 1.71 bits per heavy atom. The maximum atomic E-state index is 10.8. The first kappa shape index (κ1) is 16.0. The van der Waals surface area contributed by atoms with E-state index in [1.165, 1.54) is 0 Å². The van der Waals surface area contributed by atoms with E-state index in [4.69, 9.17) is 19.3 Å². The monoisotopic (exact) mass is 248 g/mol. The lowest BCUT2D eigenvalue weighted by atomic mass is 10.3. The molecule has 0 amide bonds. The van der Waals surface area contributed by atoms with Crippen molar-refractivity contribution in [1.82, 2.24) is 0 Å². The summed E-state index contributed by atoms with van der Waals surface area (Å²) in [5, 5.41) is 8.86. The number of carbonyl (C=O) groups excluding carboxylic acids is 1. The second kappa shape index (κ2) is 8.16. The first-order chi connectivity index (χ1) is 7.86. The number of hydrogen-bond donors (Lipinski definition) is 1. The molecule has 0 bridgehead atoms. The lowest BCUT2D eigenvalue weighted by molar-refractivity contribution is -0.188. The molecular weight excluding hydrogens is 228 g/mol. The van der Waals surface area contributed by atoms with Crippen LogP contribution in [0, 0.1) is 0 Å². The molecule has 0 spiro atoms. The van der Waals surface area contributed by atoms with E-state index < -0.39 is 18.4 Å². The first-order valence-corrected chi connectivity index (χ1v) is 5.47. The third-order valence-electron chi connectivity index (χ3n) is 1.64. The summed E-state index contributed by atoms with van der Waals surface area (Å²) in [5.74, 6) is -1.13. The van der Waals surface area contributed by atoms with Crippen molar-refractivity contribution < 1.29 is 28.9 Å². The van der Waals surface area contributed by atoms with Crippen LogP contribution in [0.5, 0.6) is 0 Å². The summed E-state index contributed by atoms with van der Waals surface area (Å²) >= 11 is 0. The molecule has 0 unspecified atom stereocenters. The topological polar surface area (TPSA) is 82.1 Å². The van der Waals surface area contributed by atoms with Crippen LogP contribution in [0.15, 0.2) is 0 Å². The summed E-state index contributed by atoms with van der Waals surface area (Å²) < 4.78 is 15.2. The molecule has 2 atom stereocenters. The van der Waals surface area contributed by atoms with Gasteiger partial charge in [0, 0.05) is 0 Å². The van der Waals surface area contributed by atoms with Gasteiger partial charge >= 0.3 is 5.97 Å². The predicted octanol–water partition coefficient (Wildman–Crippen LogP) is 0.831. The molecule has 0 heterocycles. The van der Waals surface area contributed by atoms with Gasteiger partial charge in [-0.05, 0) is 27.7 Å². The Morgan fingerprint density at radius 1 is 1.18 bits per heavy atom. The van der Waals surface area contributed by atoms with Gasteiger partial charge in [-0.25, -0.2) is 4.79 Å². The van der Waals surface area contributed by atoms with Crippen molar-refractivity contribution in [2.75, 3.05) is 6.61 Å². The first-order valence-electron chi connectivity index (χ1n) is 5.47. The Balaban J connectivity index is 4.17. The van der Waals surface area contributed by atoms with E-state index >= 15 is 0 Å². The van der Waals surface area contributed by atoms with Crippen LogP contribution >= 0.6 is 0 Å². The van der Waals surface area contributed by atoms with Crippen LogP contribution in [-0.4, -0.2) is 48.6 Å². The highest BCUT2D eigenvalue weighted by atomic mass is 16.7. The molecular formula is C11H20O6. The number of hydrogen-bond acceptors (Lipinski definition) is 5. The lowest BCUT2D eigenvalue weighted by Crippen LogP contribution is -2.35. The van der Waals surface area contributed by atoms with E-state index in [9.17, 15) is 9.59 Å². The van der Waals surface area contributed by atoms with Crippen LogP contribution in [0.2, 0.25) is 0 Å². The molecule has 0 fully saturated rings. The van der Waals surface area contributed by atoms with Crippen molar-refractivity contribution in [3.8, 4) is 0 Å². The highest BCUT2D eigenvalue weighted by molar-refractivity contribution is 5.72. The van der Waals surface area contributed by atoms with Crippen molar-refractivity contribution in [3.05, 3.63) is 0 Å². The lowest BCUT2D eigenvalue weighted by Gasteiger charge is -2.20. The van der Waals surface area contributed by atoms with Crippen molar-refractivity contribution in [2.24, 2.45) is 0 Å². The molecule has 0 radical (unpaired) electrons. The summed E-state index contributed by atoms with van der Waals surface area (Å²) in [4.78, 5) is 21.4. The van der Waals surface area contributed by atoms with Gasteiger partial charge in [0.1, 0.15) is 0 Å². The Hall–Kier alpha value is -0.980. The average molecular weight is 248 g/mol. The SMILES string of the molecule is CC(C)O[C@@H](C=O)OC[C@@H](OC(C)C)C(=O)O. The fraction of sp³-hybridized carbons (Fsp3) is 0.818. The smallest absolute Gasteiger partial charge is 0.335 e. The van der Waals surface area contributed by atoms with Gasteiger partial charge < -0.3 is 19.3 Å². The minimum atomic E-state index is -1.13. The van der Waals surface area contributed by atoms with Gasteiger partial charge in [-0.2, -0.15) is 0 Å². The molecule has 0 aliphatic carbocycles. The van der Waals surface area contributed by atoms with Crippen LogP contribution in [-0.2, 0) is 23.8 Å². The molecule has 0 saturated heterocycles. The number of aliphatic carboxylic acids is 1. The Labute approximate surface area is 101 Å².